The minimum absolute atomic E-state index is 0.258. The molecule has 1 N–H and O–H groups in total. The molecule has 5 heteroatoms. The first-order chi connectivity index (χ1) is 12.1. The molecule has 1 aromatic carbocycles. The molecule has 1 fully saturated rings. The molecule has 2 atom stereocenters. The summed E-state index contributed by atoms with van der Waals surface area (Å²) in [5.74, 6) is 0.492. The molecule has 1 aromatic heterocycles. The van der Waals surface area contributed by atoms with E-state index in [-0.39, 0.29) is 5.91 Å². The summed E-state index contributed by atoms with van der Waals surface area (Å²) in [4.78, 5) is 20.4. The summed E-state index contributed by atoms with van der Waals surface area (Å²) < 4.78 is 6.06. The highest BCUT2D eigenvalue weighted by Crippen LogP contribution is 2.26. The highest BCUT2D eigenvalue weighted by Gasteiger charge is 2.19. The van der Waals surface area contributed by atoms with Crippen LogP contribution in [0.1, 0.15) is 54.4 Å². The van der Waals surface area contributed by atoms with Crippen molar-refractivity contribution in [1.29, 1.82) is 0 Å². The van der Waals surface area contributed by atoms with Gasteiger partial charge in [-0.2, -0.15) is 0 Å². The van der Waals surface area contributed by atoms with Crippen molar-refractivity contribution in [2.45, 2.75) is 52.2 Å². The summed E-state index contributed by atoms with van der Waals surface area (Å²) >= 11 is 0. The maximum atomic E-state index is 12.2. The highest BCUT2D eigenvalue weighted by molar-refractivity contribution is 6.02. The number of hydrogen-bond acceptors (Lipinski definition) is 4. The van der Waals surface area contributed by atoms with Crippen LogP contribution in [0.5, 0.6) is 0 Å². The third kappa shape index (κ3) is 5.10. The van der Waals surface area contributed by atoms with Crippen molar-refractivity contribution < 1.29 is 9.53 Å². The Bertz CT molecular complexity index is 715. The van der Waals surface area contributed by atoms with Crippen LogP contribution >= 0.6 is 0 Å². The Hall–Kier alpha value is -2.27. The summed E-state index contributed by atoms with van der Waals surface area (Å²) in [5.41, 5.74) is 2.90. The van der Waals surface area contributed by atoms with E-state index in [1.54, 1.807) is 6.20 Å². The van der Waals surface area contributed by atoms with Crippen LogP contribution in [0.25, 0.3) is 0 Å². The standard InChI is InChI=1S/C20H25N3O2/c1-14-5-3-8-18(9-14)25-13-16-6-4-7-17(10-16)23-20(24)19-12-21-15(2)11-22-19/h4,6-7,10-12,14,18H,3,5,8-9,13H2,1-2H3,(H,23,24). The van der Waals surface area contributed by atoms with E-state index >= 15 is 0 Å². The van der Waals surface area contributed by atoms with E-state index in [4.69, 9.17) is 4.74 Å². The number of aromatic nitrogens is 2. The maximum absolute atomic E-state index is 12.2. The Morgan fingerprint density at radius 1 is 1.28 bits per heavy atom. The molecule has 1 aliphatic rings. The van der Waals surface area contributed by atoms with Crippen molar-refractivity contribution in [3.63, 3.8) is 0 Å². The van der Waals surface area contributed by atoms with Crippen molar-refractivity contribution in [3.05, 3.63) is 53.6 Å². The van der Waals surface area contributed by atoms with Crippen LogP contribution in [0.4, 0.5) is 5.69 Å². The molecule has 132 valence electrons. The number of ether oxygens (including phenoxy) is 1. The van der Waals surface area contributed by atoms with Crippen LogP contribution < -0.4 is 5.32 Å². The summed E-state index contributed by atoms with van der Waals surface area (Å²) in [7, 11) is 0. The van der Waals surface area contributed by atoms with Gasteiger partial charge in [-0.25, -0.2) is 4.98 Å². The molecular formula is C20H25N3O2. The number of benzene rings is 1. The molecule has 1 heterocycles. The lowest BCUT2D eigenvalue weighted by atomic mass is 9.89. The van der Waals surface area contributed by atoms with Gasteiger partial charge in [0, 0.05) is 11.9 Å². The second-order valence-corrected chi connectivity index (χ2v) is 6.90. The zero-order valence-corrected chi connectivity index (χ0v) is 14.9. The summed E-state index contributed by atoms with van der Waals surface area (Å²) in [6, 6.07) is 7.77. The van der Waals surface area contributed by atoms with Gasteiger partial charge in [-0.05, 0) is 43.4 Å². The first kappa shape index (κ1) is 17.5. The molecule has 0 bridgehead atoms. The van der Waals surface area contributed by atoms with E-state index < -0.39 is 0 Å². The monoisotopic (exact) mass is 339 g/mol. The van der Waals surface area contributed by atoms with Gasteiger partial charge in [-0.1, -0.05) is 31.9 Å². The second-order valence-electron chi connectivity index (χ2n) is 6.90. The van der Waals surface area contributed by atoms with Crippen molar-refractivity contribution in [2.75, 3.05) is 5.32 Å². The van der Waals surface area contributed by atoms with Crippen molar-refractivity contribution in [3.8, 4) is 0 Å². The molecule has 0 saturated heterocycles. The van der Waals surface area contributed by atoms with Crippen molar-refractivity contribution in [2.24, 2.45) is 5.92 Å². The van der Waals surface area contributed by atoms with Crippen LogP contribution in [0, 0.1) is 12.8 Å². The Labute approximate surface area is 148 Å². The summed E-state index contributed by atoms with van der Waals surface area (Å²) in [6.45, 7) is 4.70. The quantitative estimate of drug-likeness (QED) is 0.889. The summed E-state index contributed by atoms with van der Waals surface area (Å²) in [6.07, 6.45) is 8.27. The van der Waals surface area contributed by atoms with E-state index in [0.29, 0.717) is 18.4 Å². The topological polar surface area (TPSA) is 64.1 Å². The Morgan fingerprint density at radius 2 is 2.16 bits per heavy atom. The molecule has 3 rings (SSSR count). The number of carbonyl (C=O) groups excluding carboxylic acids is 1. The molecule has 2 unspecified atom stereocenters. The molecular weight excluding hydrogens is 314 g/mol. The Kier molecular flexibility index (Phi) is 5.76. The zero-order valence-electron chi connectivity index (χ0n) is 14.9. The fourth-order valence-corrected chi connectivity index (χ4v) is 3.19. The molecule has 2 aromatic rings. The first-order valence-corrected chi connectivity index (χ1v) is 8.90. The predicted octanol–water partition coefficient (Wildman–Crippen LogP) is 4.13. The first-order valence-electron chi connectivity index (χ1n) is 8.90. The van der Waals surface area contributed by atoms with Gasteiger partial charge < -0.3 is 10.1 Å². The Morgan fingerprint density at radius 3 is 2.92 bits per heavy atom. The van der Waals surface area contributed by atoms with Gasteiger partial charge >= 0.3 is 0 Å². The predicted molar refractivity (Wildman–Crippen MR) is 97.4 cm³/mol. The third-order valence-corrected chi connectivity index (χ3v) is 4.57. The number of anilines is 1. The number of rotatable bonds is 5. The molecule has 1 saturated carbocycles. The number of carbonyl (C=O) groups is 1. The normalized spacial score (nSPS) is 20.2. The smallest absolute Gasteiger partial charge is 0.275 e. The van der Waals surface area contributed by atoms with E-state index in [1.807, 2.05) is 31.2 Å². The van der Waals surface area contributed by atoms with E-state index in [1.165, 1.54) is 19.0 Å². The average molecular weight is 339 g/mol. The lowest BCUT2D eigenvalue weighted by Crippen LogP contribution is -2.21. The molecule has 1 amide bonds. The zero-order chi connectivity index (χ0) is 17.6. The number of amides is 1. The van der Waals surface area contributed by atoms with Crippen molar-refractivity contribution >= 4 is 11.6 Å². The molecule has 0 aliphatic heterocycles. The van der Waals surface area contributed by atoms with Gasteiger partial charge in [0.2, 0.25) is 0 Å². The lowest BCUT2D eigenvalue weighted by Gasteiger charge is -2.26. The van der Waals surface area contributed by atoms with Crippen LogP contribution in [0.15, 0.2) is 36.7 Å². The molecule has 1 aliphatic carbocycles. The van der Waals surface area contributed by atoms with E-state index in [0.717, 1.165) is 35.7 Å². The molecule has 5 nitrogen and oxygen atoms in total. The average Bonchev–Trinajstić information content (AvgIpc) is 2.61. The van der Waals surface area contributed by atoms with E-state index in [9.17, 15) is 4.79 Å². The minimum Gasteiger partial charge on any atom is -0.374 e. The van der Waals surface area contributed by atoms with Crippen LogP contribution in [0.2, 0.25) is 0 Å². The lowest BCUT2D eigenvalue weighted by molar-refractivity contribution is 0.00468. The number of aryl methyl sites for hydroxylation is 1. The highest BCUT2D eigenvalue weighted by atomic mass is 16.5. The van der Waals surface area contributed by atoms with Gasteiger partial charge in [0.25, 0.3) is 5.91 Å². The Balaban J connectivity index is 1.57. The van der Waals surface area contributed by atoms with E-state index in [2.05, 4.69) is 22.2 Å². The second kappa shape index (κ2) is 8.21. The number of nitrogens with one attached hydrogen (secondary N) is 1. The van der Waals surface area contributed by atoms with Gasteiger partial charge in [-0.15, -0.1) is 0 Å². The fourth-order valence-electron chi connectivity index (χ4n) is 3.19. The van der Waals surface area contributed by atoms with Crippen molar-refractivity contribution in [1.82, 2.24) is 9.97 Å². The minimum atomic E-state index is -0.258. The molecule has 0 radical (unpaired) electrons. The largest absolute Gasteiger partial charge is 0.374 e. The van der Waals surface area contributed by atoms with Crippen LogP contribution in [-0.4, -0.2) is 22.0 Å². The fraction of sp³-hybridized carbons (Fsp3) is 0.450. The maximum Gasteiger partial charge on any atom is 0.275 e. The molecule has 0 spiro atoms. The number of nitrogens with zero attached hydrogens (tertiary/aromatic N) is 2. The SMILES string of the molecule is Cc1cnc(C(=O)Nc2cccc(COC3CCCC(C)C3)c2)cn1. The van der Waals surface area contributed by atoms with Gasteiger partial charge in [-0.3, -0.25) is 9.78 Å². The van der Waals surface area contributed by atoms with Crippen LogP contribution in [-0.2, 0) is 11.3 Å². The molecule has 25 heavy (non-hydrogen) atoms. The third-order valence-electron chi connectivity index (χ3n) is 4.57. The van der Waals surface area contributed by atoms with Gasteiger partial charge in [0.1, 0.15) is 5.69 Å². The number of hydrogen-bond donors (Lipinski definition) is 1. The van der Waals surface area contributed by atoms with Gasteiger partial charge in [0.05, 0.1) is 24.6 Å². The summed E-state index contributed by atoms with van der Waals surface area (Å²) in [5, 5.41) is 2.87. The van der Waals surface area contributed by atoms with Crippen LogP contribution in [0.3, 0.4) is 0 Å². The van der Waals surface area contributed by atoms with Gasteiger partial charge in [0.15, 0.2) is 0 Å².